The molecule has 0 aliphatic heterocycles. The molecule has 0 atom stereocenters. The van der Waals surface area contributed by atoms with Gasteiger partial charge in [0.1, 0.15) is 17.2 Å². The molecule has 0 saturated carbocycles. The Morgan fingerprint density at radius 3 is 2.17 bits per heavy atom. The summed E-state index contributed by atoms with van der Waals surface area (Å²) in [4.78, 5) is 0.121. The van der Waals surface area contributed by atoms with E-state index in [4.69, 9.17) is 25.8 Å². The van der Waals surface area contributed by atoms with E-state index in [1.165, 1.54) is 12.1 Å². The van der Waals surface area contributed by atoms with Gasteiger partial charge in [-0.2, -0.15) is 0 Å². The minimum Gasteiger partial charge on any atom is -0.497 e. The van der Waals surface area contributed by atoms with E-state index in [2.05, 4.69) is 4.72 Å². The van der Waals surface area contributed by atoms with Crippen LogP contribution in [0.3, 0.4) is 0 Å². The summed E-state index contributed by atoms with van der Waals surface area (Å²) in [7, 11) is -0.752. The highest BCUT2D eigenvalue weighted by Crippen LogP contribution is 2.34. The lowest BCUT2D eigenvalue weighted by Crippen LogP contribution is -2.14. The topological polar surface area (TPSA) is 73.9 Å². The van der Waals surface area contributed by atoms with Gasteiger partial charge in [0.05, 0.1) is 24.8 Å². The number of methoxy groups -OCH3 is 2. The van der Waals surface area contributed by atoms with E-state index in [-0.39, 0.29) is 10.6 Å². The largest absolute Gasteiger partial charge is 0.497 e. The summed E-state index contributed by atoms with van der Waals surface area (Å²) in [6, 6.07) is 16.4. The first-order valence-electron chi connectivity index (χ1n) is 9.17. The maximum Gasteiger partial charge on any atom is 0.262 e. The molecule has 0 bridgehead atoms. The van der Waals surface area contributed by atoms with Crippen molar-refractivity contribution in [2.75, 3.05) is 18.9 Å². The first kappa shape index (κ1) is 21.8. The van der Waals surface area contributed by atoms with Gasteiger partial charge in [-0.3, -0.25) is 4.72 Å². The molecule has 1 N–H and O–H groups in total. The van der Waals surface area contributed by atoms with Gasteiger partial charge in [0, 0.05) is 5.02 Å². The van der Waals surface area contributed by atoms with Crippen molar-refractivity contribution in [1.29, 1.82) is 0 Å². The monoisotopic (exact) mass is 447 g/mol. The molecule has 0 saturated heterocycles. The number of ether oxygens (including phenoxy) is 3. The summed E-state index contributed by atoms with van der Waals surface area (Å²) in [5.74, 6) is 2.17. The van der Waals surface area contributed by atoms with Crippen LogP contribution in [0.25, 0.3) is 0 Å². The van der Waals surface area contributed by atoms with Gasteiger partial charge in [-0.1, -0.05) is 18.5 Å². The minimum absolute atomic E-state index is 0.121. The van der Waals surface area contributed by atoms with Crippen LogP contribution in [0.5, 0.6) is 23.0 Å². The molecule has 158 valence electrons. The molecule has 3 aromatic rings. The summed E-state index contributed by atoms with van der Waals surface area (Å²) >= 11 is 6.10. The number of nitrogens with one attached hydrogen (secondary N) is 1. The molecule has 3 aromatic carbocycles. The van der Waals surface area contributed by atoms with Crippen LogP contribution in [0.2, 0.25) is 5.02 Å². The zero-order chi connectivity index (χ0) is 21.7. The summed E-state index contributed by atoms with van der Waals surface area (Å²) in [6.45, 7) is 1.93. The number of sulfonamides is 1. The summed E-state index contributed by atoms with van der Waals surface area (Å²) in [6.07, 6.45) is 0.634. The Labute approximate surface area is 181 Å². The Balaban J connectivity index is 1.92. The van der Waals surface area contributed by atoms with E-state index >= 15 is 0 Å². The van der Waals surface area contributed by atoms with Crippen molar-refractivity contribution in [3.8, 4) is 23.0 Å². The third-order valence-electron chi connectivity index (χ3n) is 4.42. The van der Waals surface area contributed by atoms with Crippen molar-refractivity contribution < 1.29 is 22.6 Å². The van der Waals surface area contributed by atoms with E-state index in [0.717, 1.165) is 5.56 Å². The van der Waals surface area contributed by atoms with Crippen LogP contribution in [0.4, 0.5) is 5.69 Å². The number of rotatable bonds is 8. The Kier molecular flexibility index (Phi) is 6.74. The van der Waals surface area contributed by atoms with Crippen molar-refractivity contribution in [3.63, 3.8) is 0 Å². The fourth-order valence-corrected chi connectivity index (χ4v) is 4.13. The molecule has 0 aliphatic rings. The summed E-state index contributed by atoms with van der Waals surface area (Å²) in [5, 5.41) is 0.374. The highest BCUT2D eigenvalue weighted by molar-refractivity contribution is 7.92. The van der Waals surface area contributed by atoms with E-state index in [0.29, 0.717) is 34.4 Å². The molecule has 0 aromatic heterocycles. The third-order valence-corrected chi connectivity index (χ3v) is 6.01. The predicted octanol–water partition coefficient (Wildman–Crippen LogP) is 5.51. The molecule has 0 amide bonds. The molecule has 0 unspecified atom stereocenters. The van der Waals surface area contributed by atoms with Gasteiger partial charge in [-0.25, -0.2) is 8.42 Å². The Bertz CT molecular complexity index is 1130. The van der Waals surface area contributed by atoms with Crippen molar-refractivity contribution in [2.24, 2.45) is 0 Å². The van der Waals surface area contributed by atoms with Crippen LogP contribution in [-0.2, 0) is 16.4 Å². The van der Waals surface area contributed by atoms with Gasteiger partial charge >= 0.3 is 0 Å². The second-order valence-electron chi connectivity index (χ2n) is 6.35. The third kappa shape index (κ3) is 4.98. The Hall–Kier alpha value is -2.90. The lowest BCUT2D eigenvalue weighted by Gasteiger charge is -2.15. The highest BCUT2D eigenvalue weighted by atomic mass is 35.5. The molecule has 0 heterocycles. The quantitative estimate of drug-likeness (QED) is 0.492. The van der Waals surface area contributed by atoms with Crippen LogP contribution < -0.4 is 18.9 Å². The fraction of sp³-hybridized carbons (Fsp3) is 0.182. The van der Waals surface area contributed by atoms with Crippen LogP contribution in [-0.4, -0.2) is 22.6 Å². The van der Waals surface area contributed by atoms with Gasteiger partial charge in [-0.15, -0.1) is 0 Å². The number of hydrogen-bond donors (Lipinski definition) is 1. The number of aryl methyl sites for hydroxylation is 1. The van der Waals surface area contributed by atoms with Crippen molar-refractivity contribution in [3.05, 3.63) is 71.2 Å². The molecule has 6 nitrogen and oxygen atoms in total. The normalized spacial score (nSPS) is 11.1. The number of anilines is 1. The van der Waals surface area contributed by atoms with Crippen LogP contribution in [0, 0.1) is 0 Å². The number of hydrogen-bond acceptors (Lipinski definition) is 5. The van der Waals surface area contributed by atoms with Crippen molar-refractivity contribution in [1.82, 2.24) is 0 Å². The van der Waals surface area contributed by atoms with Crippen molar-refractivity contribution >= 4 is 27.3 Å². The Morgan fingerprint density at radius 1 is 0.867 bits per heavy atom. The Morgan fingerprint density at radius 2 is 1.53 bits per heavy atom. The molecular weight excluding hydrogens is 426 g/mol. The summed E-state index contributed by atoms with van der Waals surface area (Å²) in [5.41, 5.74) is 1.02. The van der Waals surface area contributed by atoms with E-state index in [9.17, 15) is 8.42 Å². The summed E-state index contributed by atoms with van der Waals surface area (Å²) < 4.78 is 44.9. The zero-order valence-electron chi connectivity index (χ0n) is 16.8. The lowest BCUT2D eigenvalue weighted by atomic mass is 10.1. The minimum atomic E-state index is -3.88. The SMILES string of the molecule is CCc1cc(S(=O)(=O)Nc2cc(Cl)ccc2Oc2ccc(OC)cc2)ccc1OC. The fourth-order valence-electron chi connectivity index (χ4n) is 2.84. The van der Waals surface area contributed by atoms with Crippen LogP contribution in [0.15, 0.2) is 65.6 Å². The molecule has 0 fully saturated rings. The van der Waals surface area contributed by atoms with E-state index < -0.39 is 10.0 Å². The van der Waals surface area contributed by atoms with Gasteiger partial charge < -0.3 is 14.2 Å². The molecule has 8 heteroatoms. The van der Waals surface area contributed by atoms with E-state index in [1.54, 1.807) is 62.8 Å². The smallest absolute Gasteiger partial charge is 0.262 e. The van der Waals surface area contributed by atoms with E-state index in [1.807, 2.05) is 6.92 Å². The molecule has 30 heavy (non-hydrogen) atoms. The average molecular weight is 448 g/mol. The highest BCUT2D eigenvalue weighted by Gasteiger charge is 2.19. The molecule has 0 radical (unpaired) electrons. The van der Waals surface area contributed by atoms with Gasteiger partial charge in [-0.05, 0) is 72.6 Å². The van der Waals surface area contributed by atoms with Crippen molar-refractivity contribution in [2.45, 2.75) is 18.2 Å². The maximum atomic E-state index is 13.0. The van der Waals surface area contributed by atoms with Gasteiger partial charge in [0.2, 0.25) is 0 Å². The molecular formula is C22H22ClNO5S. The predicted molar refractivity (Wildman–Crippen MR) is 118 cm³/mol. The number of benzene rings is 3. The van der Waals surface area contributed by atoms with Crippen LogP contribution in [0.1, 0.15) is 12.5 Å². The molecule has 3 rings (SSSR count). The lowest BCUT2D eigenvalue weighted by molar-refractivity contribution is 0.409. The first-order chi connectivity index (χ1) is 14.4. The molecule has 0 spiro atoms. The van der Waals surface area contributed by atoms with Gasteiger partial charge in [0.25, 0.3) is 10.0 Å². The maximum absolute atomic E-state index is 13.0. The number of halogens is 1. The standard InChI is InChI=1S/C22H22ClNO5S/c1-4-15-13-19(10-12-21(15)28-3)30(25,26)24-20-14-16(23)5-11-22(20)29-18-8-6-17(27-2)7-9-18/h5-14,24H,4H2,1-3H3. The second-order valence-corrected chi connectivity index (χ2v) is 8.47. The second kappa shape index (κ2) is 9.28. The van der Waals surface area contributed by atoms with Crippen LogP contribution >= 0.6 is 11.6 Å². The zero-order valence-corrected chi connectivity index (χ0v) is 18.4. The average Bonchev–Trinajstić information content (AvgIpc) is 2.75. The first-order valence-corrected chi connectivity index (χ1v) is 11.0. The molecule has 0 aliphatic carbocycles. The van der Waals surface area contributed by atoms with Gasteiger partial charge in [0.15, 0.2) is 5.75 Å².